The highest BCUT2D eigenvalue weighted by Gasteiger charge is 2.32. The van der Waals surface area contributed by atoms with E-state index < -0.39 is 28.0 Å². The standard InChI is InChI=1S/C24H29N3O6S/c1-3-27(4-2)34(30,31)18-9-10-21(26-11-13-32-14-12-26)20(16-18)25-23(28)22-15-17-7-5-6-8-19(17)24(29)33-22/h5-10,16,22H,3-4,11-15H2,1-2H3,(H,25,28)/t22-/m0/s1. The molecule has 1 saturated heterocycles. The fourth-order valence-electron chi connectivity index (χ4n) is 4.26. The van der Waals surface area contributed by atoms with E-state index in [2.05, 4.69) is 5.32 Å². The summed E-state index contributed by atoms with van der Waals surface area (Å²) in [6, 6.07) is 11.8. The maximum Gasteiger partial charge on any atom is 0.339 e. The lowest BCUT2D eigenvalue weighted by atomic mass is 9.98. The molecule has 0 spiro atoms. The van der Waals surface area contributed by atoms with Gasteiger partial charge in [-0.3, -0.25) is 4.79 Å². The summed E-state index contributed by atoms with van der Waals surface area (Å²) in [4.78, 5) is 27.7. The molecule has 0 aromatic heterocycles. The Kier molecular flexibility index (Phi) is 7.20. The molecule has 2 aliphatic rings. The molecule has 4 rings (SSSR count). The number of nitrogens with zero attached hydrogens (tertiary/aromatic N) is 2. The molecule has 10 heteroatoms. The number of fused-ring (bicyclic) bond motifs is 1. The van der Waals surface area contributed by atoms with E-state index >= 15 is 0 Å². The van der Waals surface area contributed by atoms with Gasteiger partial charge in [0.05, 0.1) is 35.0 Å². The number of nitrogens with one attached hydrogen (secondary N) is 1. The van der Waals surface area contributed by atoms with E-state index in [0.29, 0.717) is 56.3 Å². The first-order valence-electron chi connectivity index (χ1n) is 11.4. The molecule has 1 N–H and O–H groups in total. The maximum atomic E-state index is 13.2. The average Bonchev–Trinajstić information content (AvgIpc) is 2.85. The largest absolute Gasteiger partial charge is 0.448 e. The van der Waals surface area contributed by atoms with Crippen molar-refractivity contribution in [3.8, 4) is 0 Å². The summed E-state index contributed by atoms with van der Waals surface area (Å²) in [7, 11) is -3.73. The summed E-state index contributed by atoms with van der Waals surface area (Å²) in [6.45, 7) is 6.51. The Hall–Kier alpha value is -2.95. The van der Waals surface area contributed by atoms with Crippen LogP contribution in [0.15, 0.2) is 47.4 Å². The van der Waals surface area contributed by atoms with Crippen LogP contribution in [0.3, 0.4) is 0 Å². The van der Waals surface area contributed by atoms with E-state index in [0.717, 1.165) is 5.56 Å². The van der Waals surface area contributed by atoms with Crippen LogP contribution in [0.4, 0.5) is 11.4 Å². The summed E-state index contributed by atoms with van der Waals surface area (Å²) in [5.41, 5.74) is 2.24. The van der Waals surface area contributed by atoms with Crippen molar-refractivity contribution in [2.24, 2.45) is 0 Å². The predicted octanol–water partition coefficient (Wildman–Crippen LogP) is 2.27. The highest BCUT2D eigenvalue weighted by molar-refractivity contribution is 7.89. The molecular formula is C24H29N3O6S. The van der Waals surface area contributed by atoms with E-state index in [1.807, 2.05) is 11.0 Å². The van der Waals surface area contributed by atoms with Gasteiger partial charge in [-0.25, -0.2) is 13.2 Å². The molecule has 2 heterocycles. The molecule has 1 atom stereocenters. The minimum absolute atomic E-state index is 0.0921. The Bertz CT molecular complexity index is 1170. The lowest BCUT2D eigenvalue weighted by Crippen LogP contribution is -2.39. The van der Waals surface area contributed by atoms with Gasteiger partial charge in [0, 0.05) is 32.6 Å². The van der Waals surface area contributed by atoms with Gasteiger partial charge in [-0.1, -0.05) is 32.0 Å². The molecule has 0 aliphatic carbocycles. The van der Waals surface area contributed by atoms with E-state index in [9.17, 15) is 18.0 Å². The number of hydrogen-bond donors (Lipinski definition) is 1. The molecule has 34 heavy (non-hydrogen) atoms. The first kappa shape index (κ1) is 24.2. The zero-order chi connectivity index (χ0) is 24.3. The fourth-order valence-corrected chi connectivity index (χ4v) is 5.74. The van der Waals surface area contributed by atoms with Crippen LogP contribution in [-0.2, 0) is 30.7 Å². The van der Waals surface area contributed by atoms with Gasteiger partial charge in [0.25, 0.3) is 5.91 Å². The van der Waals surface area contributed by atoms with Crippen LogP contribution in [0.25, 0.3) is 0 Å². The summed E-state index contributed by atoms with van der Waals surface area (Å²) in [5, 5.41) is 2.83. The van der Waals surface area contributed by atoms with Crippen LogP contribution in [0.2, 0.25) is 0 Å². The molecule has 2 aromatic rings. The average molecular weight is 488 g/mol. The second-order valence-electron chi connectivity index (χ2n) is 8.11. The molecule has 182 valence electrons. The normalized spacial score (nSPS) is 18.4. The van der Waals surface area contributed by atoms with Crippen molar-refractivity contribution in [2.75, 3.05) is 49.6 Å². The van der Waals surface area contributed by atoms with E-state index in [4.69, 9.17) is 9.47 Å². The number of sulfonamides is 1. The Balaban J connectivity index is 1.65. The Labute approximate surface area is 199 Å². The molecular weight excluding hydrogens is 458 g/mol. The summed E-state index contributed by atoms with van der Waals surface area (Å²) in [6.07, 6.45) is -0.763. The van der Waals surface area contributed by atoms with Crippen LogP contribution in [0, 0.1) is 0 Å². The number of rotatable bonds is 7. The first-order chi connectivity index (χ1) is 16.3. The van der Waals surface area contributed by atoms with Crippen molar-refractivity contribution in [1.29, 1.82) is 0 Å². The van der Waals surface area contributed by atoms with E-state index in [-0.39, 0.29) is 11.3 Å². The third-order valence-electron chi connectivity index (χ3n) is 6.11. The van der Waals surface area contributed by atoms with E-state index in [1.165, 1.54) is 10.4 Å². The third-order valence-corrected chi connectivity index (χ3v) is 8.15. The molecule has 1 amide bonds. The number of morpholine rings is 1. The number of hydrogen-bond acceptors (Lipinski definition) is 7. The van der Waals surface area contributed by atoms with Gasteiger partial charge in [-0.15, -0.1) is 0 Å². The predicted molar refractivity (Wildman–Crippen MR) is 128 cm³/mol. The zero-order valence-electron chi connectivity index (χ0n) is 19.3. The molecule has 9 nitrogen and oxygen atoms in total. The summed E-state index contributed by atoms with van der Waals surface area (Å²) in [5.74, 6) is -1.05. The molecule has 0 saturated carbocycles. The van der Waals surface area contributed by atoms with Crippen molar-refractivity contribution in [3.05, 3.63) is 53.6 Å². The van der Waals surface area contributed by atoms with Crippen LogP contribution in [0.5, 0.6) is 0 Å². The van der Waals surface area contributed by atoms with Crippen molar-refractivity contribution in [1.82, 2.24) is 4.31 Å². The molecule has 0 radical (unpaired) electrons. The van der Waals surface area contributed by atoms with Crippen molar-refractivity contribution in [2.45, 2.75) is 31.3 Å². The SMILES string of the molecule is CCN(CC)S(=O)(=O)c1ccc(N2CCOCC2)c(NC(=O)[C@@H]2Cc3ccccc3C(=O)O2)c1. The van der Waals surface area contributed by atoms with Gasteiger partial charge in [0.15, 0.2) is 6.10 Å². The van der Waals surface area contributed by atoms with Crippen LogP contribution in [-0.4, -0.2) is 70.1 Å². The van der Waals surface area contributed by atoms with Crippen LogP contribution in [0.1, 0.15) is 29.8 Å². The lowest BCUT2D eigenvalue weighted by Gasteiger charge is -2.31. The van der Waals surface area contributed by atoms with Crippen molar-refractivity contribution in [3.63, 3.8) is 0 Å². The number of esters is 1. The van der Waals surface area contributed by atoms with Gasteiger partial charge in [-0.05, 0) is 29.8 Å². The number of benzene rings is 2. The number of carbonyl (C=O) groups is 2. The summed E-state index contributed by atoms with van der Waals surface area (Å²) >= 11 is 0. The van der Waals surface area contributed by atoms with Crippen LogP contribution >= 0.6 is 0 Å². The Morgan fingerprint density at radius 3 is 2.53 bits per heavy atom. The number of cyclic esters (lactones) is 1. The number of amides is 1. The Morgan fingerprint density at radius 1 is 1.12 bits per heavy atom. The van der Waals surface area contributed by atoms with Gasteiger partial charge >= 0.3 is 5.97 Å². The van der Waals surface area contributed by atoms with Crippen molar-refractivity contribution >= 4 is 33.3 Å². The molecule has 2 aliphatic heterocycles. The highest BCUT2D eigenvalue weighted by Crippen LogP contribution is 2.32. The number of ether oxygens (including phenoxy) is 2. The molecule has 2 aromatic carbocycles. The lowest BCUT2D eigenvalue weighted by molar-refractivity contribution is -0.125. The second kappa shape index (κ2) is 10.1. The fraction of sp³-hybridized carbons (Fsp3) is 0.417. The number of carbonyl (C=O) groups excluding carboxylic acids is 2. The minimum atomic E-state index is -3.73. The quantitative estimate of drug-likeness (QED) is 0.598. The van der Waals surface area contributed by atoms with E-state index in [1.54, 1.807) is 44.2 Å². The topological polar surface area (TPSA) is 105 Å². The van der Waals surface area contributed by atoms with Crippen LogP contribution < -0.4 is 10.2 Å². The van der Waals surface area contributed by atoms with Gasteiger partial charge < -0.3 is 19.7 Å². The van der Waals surface area contributed by atoms with Crippen molar-refractivity contribution < 1.29 is 27.5 Å². The summed E-state index contributed by atoms with van der Waals surface area (Å²) < 4.78 is 38.4. The second-order valence-corrected chi connectivity index (χ2v) is 10.1. The molecule has 1 fully saturated rings. The first-order valence-corrected chi connectivity index (χ1v) is 12.9. The highest BCUT2D eigenvalue weighted by atomic mass is 32.2. The molecule has 0 bridgehead atoms. The minimum Gasteiger partial charge on any atom is -0.448 e. The monoisotopic (exact) mass is 487 g/mol. The Morgan fingerprint density at radius 2 is 1.82 bits per heavy atom. The zero-order valence-corrected chi connectivity index (χ0v) is 20.1. The third kappa shape index (κ3) is 4.79. The number of anilines is 2. The van der Waals surface area contributed by atoms with Gasteiger partial charge in [0.2, 0.25) is 10.0 Å². The van der Waals surface area contributed by atoms with Gasteiger partial charge in [-0.2, -0.15) is 4.31 Å². The molecule has 0 unspecified atom stereocenters. The smallest absolute Gasteiger partial charge is 0.339 e. The van der Waals surface area contributed by atoms with Gasteiger partial charge in [0.1, 0.15) is 0 Å². The maximum absolute atomic E-state index is 13.2.